The van der Waals surface area contributed by atoms with Crippen LogP contribution >= 0.6 is 0 Å². The third-order valence-electron chi connectivity index (χ3n) is 5.56. The summed E-state index contributed by atoms with van der Waals surface area (Å²) < 4.78 is 33.2. The van der Waals surface area contributed by atoms with E-state index in [0.29, 0.717) is 40.7 Å². The van der Waals surface area contributed by atoms with Gasteiger partial charge in [-0.1, -0.05) is 19.9 Å². The number of carbonyl (C=O) groups excluding carboxylic acids is 1. The van der Waals surface area contributed by atoms with Crippen molar-refractivity contribution in [1.82, 2.24) is 15.0 Å². The topological polar surface area (TPSA) is 77.0 Å². The number of halogens is 2. The van der Waals surface area contributed by atoms with Gasteiger partial charge >= 0.3 is 0 Å². The maximum absolute atomic E-state index is 13.7. The van der Waals surface area contributed by atoms with E-state index in [1.807, 2.05) is 19.9 Å². The molecule has 0 aromatic carbocycles. The van der Waals surface area contributed by atoms with E-state index in [1.54, 1.807) is 18.3 Å². The molecule has 0 saturated heterocycles. The Hall–Kier alpha value is -3.16. The Morgan fingerprint density at radius 2 is 1.97 bits per heavy atom. The van der Waals surface area contributed by atoms with Crippen LogP contribution in [-0.4, -0.2) is 33.4 Å². The van der Waals surface area contributed by atoms with Gasteiger partial charge in [-0.3, -0.25) is 9.78 Å². The zero-order chi connectivity index (χ0) is 22.7. The first-order valence-electron chi connectivity index (χ1n) is 10.9. The summed E-state index contributed by atoms with van der Waals surface area (Å²) in [5.74, 6) is -1.71. The minimum Gasteiger partial charge on any atom is -0.492 e. The summed E-state index contributed by atoms with van der Waals surface area (Å²) >= 11 is 0. The van der Waals surface area contributed by atoms with Crippen LogP contribution in [0.1, 0.15) is 79.3 Å². The second-order valence-corrected chi connectivity index (χ2v) is 8.37. The fourth-order valence-corrected chi connectivity index (χ4v) is 3.74. The number of pyridine rings is 1. The van der Waals surface area contributed by atoms with Crippen molar-refractivity contribution in [1.29, 1.82) is 0 Å². The van der Waals surface area contributed by atoms with Crippen LogP contribution in [0.4, 0.5) is 14.5 Å². The van der Waals surface area contributed by atoms with E-state index in [2.05, 4.69) is 20.3 Å². The molecule has 0 atom stereocenters. The van der Waals surface area contributed by atoms with Crippen LogP contribution in [0.25, 0.3) is 11.3 Å². The lowest BCUT2D eigenvalue weighted by molar-refractivity contribution is -0.00603. The number of amides is 1. The monoisotopic (exact) mass is 440 g/mol. The highest BCUT2D eigenvalue weighted by atomic mass is 19.3. The molecule has 3 heterocycles. The second kappa shape index (κ2) is 9.14. The number of hydrogen-bond donors (Lipinski definition) is 1. The number of aromatic nitrogens is 3. The first kappa shape index (κ1) is 22.0. The van der Waals surface area contributed by atoms with Gasteiger partial charge in [0.15, 0.2) is 0 Å². The van der Waals surface area contributed by atoms with E-state index < -0.39 is 11.8 Å². The molecule has 2 aromatic rings. The normalized spacial score (nSPS) is 17.9. The highest BCUT2D eigenvalue weighted by Gasteiger charge is 2.32. The first-order chi connectivity index (χ1) is 15.3. The summed E-state index contributed by atoms with van der Waals surface area (Å²) in [6, 6.07) is 1.75. The summed E-state index contributed by atoms with van der Waals surface area (Å²) in [7, 11) is 0. The van der Waals surface area contributed by atoms with Crippen molar-refractivity contribution in [2.45, 2.75) is 57.8 Å². The van der Waals surface area contributed by atoms with Crippen molar-refractivity contribution in [2.24, 2.45) is 0 Å². The molecule has 0 unspecified atom stereocenters. The van der Waals surface area contributed by atoms with Crippen molar-refractivity contribution in [2.75, 3.05) is 11.9 Å². The lowest BCUT2D eigenvalue weighted by Crippen LogP contribution is -2.20. The first-order valence-corrected chi connectivity index (χ1v) is 10.9. The molecule has 32 heavy (non-hydrogen) atoms. The summed E-state index contributed by atoms with van der Waals surface area (Å²) in [4.78, 5) is 26.0. The highest BCUT2D eigenvalue weighted by molar-refractivity contribution is 6.06. The Bertz CT molecular complexity index is 1060. The fraction of sp³-hybridized carbons (Fsp3) is 0.417. The molecular formula is C24H26F2N4O2. The Morgan fingerprint density at radius 3 is 2.59 bits per heavy atom. The number of ether oxygens (including phenoxy) is 1. The van der Waals surface area contributed by atoms with Crippen LogP contribution in [0.5, 0.6) is 0 Å². The zero-order valence-electron chi connectivity index (χ0n) is 18.2. The number of carbonyl (C=O) groups is 1. The van der Waals surface area contributed by atoms with Gasteiger partial charge in [0.2, 0.25) is 0 Å². The van der Waals surface area contributed by atoms with Crippen LogP contribution in [0.15, 0.2) is 36.8 Å². The number of alkyl halides is 2. The molecule has 6 nitrogen and oxygen atoms in total. The number of hydrogen-bond acceptors (Lipinski definition) is 5. The highest BCUT2D eigenvalue weighted by Crippen LogP contribution is 2.40. The Balaban J connectivity index is 1.71. The van der Waals surface area contributed by atoms with Crippen molar-refractivity contribution in [3.8, 4) is 0 Å². The van der Waals surface area contributed by atoms with Gasteiger partial charge < -0.3 is 10.1 Å². The third kappa shape index (κ3) is 4.84. The predicted octanol–water partition coefficient (Wildman–Crippen LogP) is 5.60. The van der Waals surface area contributed by atoms with Gasteiger partial charge in [0.1, 0.15) is 17.3 Å². The van der Waals surface area contributed by atoms with E-state index in [4.69, 9.17) is 4.74 Å². The average Bonchev–Trinajstić information content (AvgIpc) is 2.80. The molecule has 4 rings (SSSR count). The lowest BCUT2D eigenvalue weighted by atomic mass is 9.90. The minimum atomic E-state index is -2.70. The smallest absolute Gasteiger partial charge is 0.258 e. The van der Waals surface area contributed by atoms with Gasteiger partial charge in [-0.15, -0.1) is 0 Å². The summed E-state index contributed by atoms with van der Waals surface area (Å²) in [5, 5.41) is 2.93. The third-order valence-corrected chi connectivity index (χ3v) is 5.56. The minimum absolute atomic E-state index is 0.149. The predicted molar refractivity (Wildman–Crippen MR) is 118 cm³/mol. The number of allylic oxidation sites excluding steroid dienone is 3. The molecule has 1 aliphatic carbocycles. The number of anilines is 1. The summed E-state index contributed by atoms with van der Waals surface area (Å²) in [6.45, 7) is 4.51. The molecule has 0 saturated carbocycles. The standard InChI is InChI=1S/C24H26F2N4O2/c1-15(2)22-28-13-17(14-29-22)23(31)30-20-18(16-6-9-24(25,26)10-7-16)8-11-27-21(20)19-5-3-4-12-32-19/h5-6,8,11,13-15H,3-4,7,9-10,12H2,1-2H3,(H,30,31). The van der Waals surface area contributed by atoms with Crippen molar-refractivity contribution >= 4 is 22.9 Å². The van der Waals surface area contributed by atoms with Crippen LogP contribution in [0.3, 0.4) is 0 Å². The van der Waals surface area contributed by atoms with Gasteiger partial charge in [-0.25, -0.2) is 18.7 Å². The van der Waals surface area contributed by atoms with E-state index in [9.17, 15) is 13.6 Å². The zero-order valence-corrected chi connectivity index (χ0v) is 18.2. The Labute approximate surface area is 185 Å². The molecule has 0 radical (unpaired) electrons. The molecule has 8 heteroatoms. The second-order valence-electron chi connectivity index (χ2n) is 8.37. The molecule has 168 valence electrons. The van der Waals surface area contributed by atoms with E-state index >= 15 is 0 Å². The van der Waals surface area contributed by atoms with Crippen molar-refractivity contribution < 1.29 is 18.3 Å². The Morgan fingerprint density at radius 1 is 1.19 bits per heavy atom. The molecule has 1 aliphatic heterocycles. The molecule has 1 N–H and O–H groups in total. The quantitative estimate of drug-likeness (QED) is 0.655. The number of nitrogens with one attached hydrogen (secondary N) is 1. The molecule has 0 spiro atoms. The molecule has 2 aliphatic rings. The molecule has 2 aromatic heterocycles. The van der Waals surface area contributed by atoms with Gasteiger partial charge in [0.25, 0.3) is 11.8 Å². The van der Waals surface area contributed by atoms with Crippen LogP contribution < -0.4 is 5.32 Å². The summed E-state index contributed by atoms with van der Waals surface area (Å²) in [6.07, 6.45) is 9.50. The van der Waals surface area contributed by atoms with Gasteiger partial charge in [0, 0.05) is 42.9 Å². The van der Waals surface area contributed by atoms with E-state index in [0.717, 1.165) is 18.4 Å². The maximum atomic E-state index is 13.7. The lowest BCUT2D eigenvalue weighted by Gasteiger charge is -2.24. The van der Waals surface area contributed by atoms with Gasteiger partial charge in [-0.05, 0) is 37.0 Å². The molecule has 1 amide bonds. The van der Waals surface area contributed by atoms with E-state index in [1.165, 1.54) is 12.4 Å². The molecule has 0 bridgehead atoms. The number of rotatable bonds is 5. The maximum Gasteiger partial charge on any atom is 0.258 e. The Kier molecular flexibility index (Phi) is 6.30. The number of nitrogens with zero attached hydrogens (tertiary/aromatic N) is 3. The van der Waals surface area contributed by atoms with Gasteiger partial charge in [0.05, 0.1) is 17.9 Å². The van der Waals surface area contributed by atoms with Crippen molar-refractivity contribution in [3.05, 3.63) is 59.5 Å². The van der Waals surface area contributed by atoms with Crippen LogP contribution in [-0.2, 0) is 4.74 Å². The molecular weight excluding hydrogens is 414 g/mol. The molecule has 0 fully saturated rings. The van der Waals surface area contributed by atoms with E-state index in [-0.39, 0.29) is 25.2 Å². The van der Waals surface area contributed by atoms with Crippen LogP contribution in [0, 0.1) is 0 Å². The van der Waals surface area contributed by atoms with Crippen LogP contribution in [0.2, 0.25) is 0 Å². The largest absolute Gasteiger partial charge is 0.492 e. The fourth-order valence-electron chi connectivity index (χ4n) is 3.74. The van der Waals surface area contributed by atoms with Gasteiger partial charge in [-0.2, -0.15) is 0 Å². The SMILES string of the molecule is CC(C)c1ncc(C(=O)Nc2c(C3=CCC(F)(F)CC3)ccnc2C2=CCCCO2)cn1. The average molecular weight is 440 g/mol. The summed E-state index contributed by atoms with van der Waals surface area (Å²) in [5.41, 5.74) is 2.69. The van der Waals surface area contributed by atoms with Crippen molar-refractivity contribution in [3.63, 3.8) is 0 Å².